The van der Waals surface area contributed by atoms with Gasteiger partial charge in [0.2, 0.25) is 5.91 Å². The topological polar surface area (TPSA) is 990 Å². The summed E-state index contributed by atoms with van der Waals surface area (Å²) in [5, 5.41) is 414. The van der Waals surface area contributed by atoms with E-state index in [0.29, 0.717) is 0 Å². The quantitative estimate of drug-likeness (QED) is 0.0280. The minimum atomic E-state index is -2.72. The van der Waals surface area contributed by atoms with E-state index in [1.807, 2.05) is 0 Å². The third-order valence-corrected chi connectivity index (χ3v) is 25.4. The highest BCUT2D eigenvalue weighted by molar-refractivity contribution is 5.73. The van der Waals surface area contributed by atoms with Gasteiger partial charge in [0.15, 0.2) is 75.5 Å². The van der Waals surface area contributed by atoms with Crippen molar-refractivity contribution in [2.24, 2.45) is 0 Å². The van der Waals surface area contributed by atoms with Gasteiger partial charge in [0.1, 0.15) is 293 Å². The van der Waals surface area contributed by atoms with Gasteiger partial charge in [-0.05, 0) is 0 Å². The van der Waals surface area contributed by atoms with Crippen LogP contribution in [0.1, 0.15) is 6.92 Å². The Labute approximate surface area is 766 Å². The van der Waals surface area contributed by atoms with E-state index in [2.05, 4.69) is 5.32 Å². The first-order valence-corrected chi connectivity index (χ1v) is 43.2. The average Bonchev–Trinajstić information content (AvgIpc) is 0.763. The number of carbonyl (C=O) groups excluding carboxylic acids is 1. The minimum Gasteiger partial charge on any atom is -0.394 e. The highest BCUT2D eigenvalue weighted by Gasteiger charge is 2.63. The fourth-order valence-corrected chi connectivity index (χ4v) is 17.3. The summed E-state index contributed by atoms with van der Waals surface area (Å²) in [4.78, 5) is 12.5. The van der Waals surface area contributed by atoms with Crippen molar-refractivity contribution < 1.29 is 303 Å². The number of hydrogen-bond acceptors (Lipinski definition) is 61. The van der Waals surface area contributed by atoms with Gasteiger partial charge in [0.25, 0.3) is 0 Å². The molecule has 1 amide bonds. The number of ether oxygens (including phenoxy) is 23. The molecule has 60 atom stereocenters. The molecule has 0 bridgehead atoms. The van der Waals surface area contributed by atoms with Crippen LogP contribution in [0.2, 0.25) is 0 Å². The first kappa shape index (κ1) is 112. The minimum absolute atomic E-state index is 0.925. The SMILES string of the molecule is CC(=O)N[C@H]1C(O)O[C@H](CO)[C@@H](O[C@@H]2O[C@H](CO[C@H]3O[C@H](CO[C@H]4O[C@H](CO)[C@@H](O)[C@H](O)[C@@H]4O[C@H]4O[C@H](CO)[C@@H](O)[C@H](O)[C@@H]4O[C@H]4O[C@H](CO)[C@@H](O)[C@H](O)[C@@H]4O)[C@@H](O)[C@H](O[C@H]4O[C@H](CO)[C@@H](O)[C@H](O)[C@@H]4O)[C@@H]3O)[C@@H](O)[C@H](O[C@H]3O[C@H](CO[C@H]4O[C@H](CO[C@H]5O[C@H](CO)[C@@H](O)[C@H](O)[C@@H]5O)[C@@H](O)[C@H](O)[C@@H]4O)[C@@H](O)[C@H](O)[C@@H]3O[C@H]3O[C@H](CO)[C@@H](O)[C@H](O)[C@@H]3O[C@H]3O[C@H](CO)[C@@H](O)[C@H](O)[C@@H]3O)[C@@H]2O)[C@@H]1O. The lowest BCUT2D eigenvalue weighted by atomic mass is 9.94. The van der Waals surface area contributed by atoms with Gasteiger partial charge in [0.05, 0.1) is 79.3 Å². The predicted molar refractivity (Wildman–Crippen MR) is 407 cm³/mol. The Kier molecular flexibility index (Phi) is 40.0. The summed E-state index contributed by atoms with van der Waals surface area (Å²) in [6.07, 6.45) is -131. The molecule has 12 saturated heterocycles. The van der Waals surface area contributed by atoms with Crippen LogP contribution in [0.15, 0.2) is 0 Å². The molecule has 12 rings (SSSR count). The first-order valence-electron chi connectivity index (χ1n) is 43.2. The van der Waals surface area contributed by atoms with E-state index >= 15 is 0 Å². The van der Waals surface area contributed by atoms with Crippen LogP contribution in [0.3, 0.4) is 0 Å². The first-order chi connectivity index (χ1) is 64.4. The lowest BCUT2D eigenvalue weighted by Crippen LogP contribution is -2.69. The van der Waals surface area contributed by atoms with Gasteiger partial charge in [-0.15, -0.1) is 0 Å². The molecule has 0 aromatic carbocycles. The van der Waals surface area contributed by atoms with Crippen molar-refractivity contribution in [3.05, 3.63) is 0 Å². The molecule has 0 radical (unpaired) electrons. The van der Waals surface area contributed by atoms with Crippen LogP contribution >= 0.6 is 0 Å². The lowest BCUT2D eigenvalue weighted by molar-refractivity contribution is -0.409. The normalized spacial score (nSPS) is 52.8. The smallest absolute Gasteiger partial charge is 0.217 e. The third-order valence-electron chi connectivity index (χ3n) is 25.4. The maximum absolute atomic E-state index is 12.9. The summed E-state index contributed by atoms with van der Waals surface area (Å²) in [6.45, 7) is -12.8. The summed E-state index contributed by atoms with van der Waals surface area (Å²) >= 11 is 0. The zero-order chi connectivity index (χ0) is 99.7. The predicted octanol–water partition coefficient (Wildman–Crippen LogP) is -27.0. The number of nitrogens with one attached hydrogen (secondary N) is 1. The summed E-state index contributed by atoms with van der Waals surface area (Å²) in [5.74, 6) is -0.935. The van der Waals surface area contributed by atoms with E-state index < -0.39 is 454 Å². The van der Waals surface area contributed by atoms with E-state index in [1.165, 1.54) is 0 Å². The Bertz CT molecular complexity index is 3590. The van der Waals surface area contributed by atoms with Gasteiger partial charge in [-0.1, -0.05) is 0 Å². The van der Waals surface area contributed by atoms with Gasteiger partial charge in [0, 0.05) is 6.92 Å². The fourth-order valence-electron chi connectivity index (χ4n) is 17.3. The van der Waals surface area contributed by atoms with Crippen LogP contribution in [-0.2, 0) is 114 Å². The van der Waals surface area contributed by atoms with E-state index in [4.69, 9.17) is 109 Å². The van der Waals surface area contributed by atoms with Gasteiger partial charge < -0.3 is 303 Å². The molecule has 12 heterocycles. The van der Waals surface area contributed by atoms with Crippen molar-refractivity contribution in [2.45, 2.75) is 375 Å². The number of aliphatic hydroxyl groups excluding tert-OH is 37. The zero-order valence-corrected chi connectivity index (χ0v) is 71.5. The van der Waals surface area contributed by atoms with Crippen LogP contribution in [0.4, 0.5) is 0 Å². The van der Waals surface area contributed by atoms with E-state index in [0.717, 1.165) is 6.92 Å². The number of amides is 1. The van der Waals surface area contributed by atoms with Gasteiger partial charge in [-0.2, -0.15) is 0 Å². The molecule has 62 heteroatoms. The number of carbonyl (C=O) groups is 1. The standard InChI is InChI=1S/C74H125NO61/c1-14(84)75-27-39(96)56(22(9-83)118-63(27)113)130-70-55(112)58(132-74-62(136-73-61(47(104)34(91)21(8-82)125-73)134-69-53(110)43(100)31(88)18(5-79)122-69)48(105)36(93)24(129-74)11-115-65-50(107)44(101)35(92)23(126-65)10-114-64-49(106)40(97)28(85)15(2-76)119-64)38(95)26(128-70)12-116-66-54(111)57(131-67-51(108)41(98)29(86)16(3-77)120-67)37(94)25(127-66)13-117-71-59(45(102)32(89)19(6-80)123-71)135-72-60(46(103)33(90)20(7-81)124-72)133-68-52(109)42(99)30(87)17(4-78)121-68/h15-74,76-83,85-113H,2-13H2,1H3,(H,75,84)/t15-,16-,17-,18-,19-,20-,21-,22-,23-,24-,25-,26-,27-,28-,29-,30-,31-,32-,33-,34-,35-,36-,37-,38-,39-,40+,41+,42+,43+,44+,45+,46+,47+,48+,49+,50+,51+,52+,53+,54+,55+,56-,57+,58+,59+,60+,61+,62+,63?,64+,65+,66+,67-,68-,69-,70+,71+,72-,73-,74-/m1/s1. The summed E-state index contributed by atoms with van der Waals surface area (Å²) in [6, 6.07) is -1.89. The fraction of sp³-hybridized carbons (Fsp3) is 0.986. The average molecular weight is 2000 g/mol. The molecular weight excluding hydrogens is 1880 g/mol. The molecule has 38 N–H and O–H groups in total. The second-order valence-electron chi connectivity index (χ2n) is 34.5. The molecule has 12 fully saturated rings. The monoisotopic (exact) mass is 2000 g/mol. The summed E-state index contributed by atoms with van der Waals surface area (Å²) < 4.78 is 134. The van der Waals surface area contributed by atoms with Crippen molar-refractivity contribution in [1.29, 1.82) is 0 Å². The molecule has 0 aromatic rings. The molecule has 136 heavy (non-hydrogen) atoms. The molecule has 0 spiro atoms. The molecule has 12 aliphatic heterocycles. The van der Waals surface area contributed by atoms with Gasteiger partial charge in [-0.25, -0.2) is 0 Å². The highest BCUT2D eigenvalue weighted by atomic mass is 16.8. The van der Waals surface area contributed by atoms with Crippen LogP contribution in [0, 0.1) is 0 Å². The second-order valence-corrected chi connectivity index (χ2v) is 34.5. The lowest BCUT2D eigenvalue weighted by Gasteiger charge is -2.50. The van der Waals surface area contributed by atoms with Crippen LogP contribution < -0.4 is 5.32 Å². The summed E-state index contributed by atoms with van der Waals surface area (Å²) in [5.41, 5.74) is 0. The Morgan fingerprint density at radius 2 is 0.390 bits per heavy atom. The Balaban J connectivity index is 0.882. The molecule has 792 valence electrons. The molecular formula is C74H125NO61. The molecule has 62 nitrogen and oxygen atoms in total. The van der Waals surface area contributed by atoms with Crippen molar-refractivity contribution in [1.82, 2.24) is 5.32 Å². The maximum atomic E-state index is 12.9. The van der Waals surface area contributed by atoms with Crippen molar-refractivity contribution in [3.63, 3.8) is 0 Å². The second kappa shape index (κ2) is 48.6. The third kappa shape index (κ3) is 23.8. The maximum Gasteiger partial charge on any atom is 0.217 e. The molecule has 1 unspecified atom stereocenters. The van der Waals surface area contributed by atoms with Crippen LogP contribution in [-0.4, -0.2) is 643 Å². The van der Waals surface area contributed by atoms with Crippen molar-refractivity contribution >= 4 is 5.91 Å². The van der Waals surface area contributed by atoms with Crippen LogP contribution in [0.5, 0.6) is 0 Å². The molecule has 0 saturated carbocycles. The van der Waals surface area contributed by atoms with Crippen molar-refractivity contribution in [2.75, 3.05) is 79.3 Å². The van der Waals surface area contributed by atoms with Gasteiger partial charge >= 0.3 is 0 Å². The number of rotatable bonds is 35. The van der Waals surface area contributed by atoms with Gasteiger partial charge in [-0.3, -0.25) is 4.79 Å². The summed E-state index contributed by atoms with van der Waals surface area (Å²) in [7, 11) is 0. The number of hydrogen-bond donors (Lipinski definition) is 38. The highest BCUT2D eigenvalue weighted by Crippen LogP contribution is 2.42. The molecule has 12 aliphatic rings. The molecule has 0 aromatic heterocycles. The largest absolute Gasteiger partial charge is 0.394 e. The Morgan fingerprint density at radius 3 is 0.721 bits per heavy atom. The zero-order valence-electron chi connectivity index (χ0n) is 71.5. The van der Waals surface area contributed by atoms with Crippen LogP contribution in [0.25, 0.3) is 0 Å². The Hall–Kier alpha value is -2.93. The van der Waals surface area contributed by atoms with E-state index in [9.17, 15) is 194 Å². The van der Waals surface area contributed by atoms with E-state index in [-0.39, 0.29) is 0 Å². The Morgan fingerprint density at radius 1 is 0.191 bits per heavy atom. The molecule has 0 aliphatic carbocycles. The van der Waals surface area contributed by atoms with E-state index in [1.54, 1.807) is 0 Å². The van der Waals surface area contributed by atoms with Crippen molar-refractivity contribution in [3.8, 4) is 0 Å². The number of aliphatic hydroxyl groups is 37.